The number of hydrogen-bond acceptors (Lipinski definition) is 9. The number of aromatic nitrogens is 6. The van der Waals surface area contributed by atoms with Gasteiger partial charge in [-0.2, -0.15) is 9.47 Å². The first-order chi connectivity index (χ1) is 15.9. The normalized spacial score (nSPS) is 11.7. The minimum Gasteiger partial charge on any atom is -0.479 e. The van der Waals surface area contributed by atoms with Gasteiger partial charge in [-0.15, -0.1) is 4.37 Å². The monoisotopic (exact) mass is 497 g/mol. The zero-order valence-corrected chi connectivity index (χ0v) is 19.4. The molecule has 3 aromatic heterocycles. The van der Waals surface area contributed by atoms with Crippen LogP contribution >= 0.6 is 23.9 Å². The molecular weight excluding hydrogens is 482 g/mol. The number of pyridine rings is 1. The average Bonchev–Trinajstić information content (AvgIpc) is 3.44. The molecule has 166 valence electrons. The van der Waals surface area contributed by atoms with E-state index in [9.17, 15) is 8.42 Å². The average molecular weight is 498 g/mol. The first kappa shape index (κ1) is 21.3. The van der Waals surface area contributed by atoms with Crippen molar-refractivity contribution in [1.82, 2.24) is 28.5 Å². The molecule has 0 radical (unpaired) electrons. The van der Waals surface area contributed by atoms with Gasteiger partial charge >= 0.3 is 0 Å². The number of ether oxygens (including phenoxy) is 1. The maximum Gasteiger partial charge on any atom is 0.253 e. The second-order valence-corrected chi connectivity index (χ2v) is 9.37. The highest BCUT2D eigenvalue weighted by Gasteiger charge is 2.23. The van der Waals surface area contributed by atoms with Crippen LogP contribution in [0.3, 0.4) is 0 Å². The Morgan fingerprint density at radius 3 is 2.73 bits per heavy atom. The Morgan fingerprint density at radius 2 is 1.94 bits per heavy atom. The van der Waals surface area contributed by atoms with Crippen molar-refractivity contribution in [2.45, 2.75) is 4.90 Å². The molecule has 0 saturated carbocycles. The van der Waals surface area contributed by atoms with Crippen LogP contribution in [-0.2, 0) is 10.0 Å². The predicted octanol–water partition coefficient (Wildman–Crippen LogP) is 3.32. The van der Waals surface area contributed by atoms with E-state index in [0.717, 1.165) is 22.6 Å². The standard InChI is InChI=1S/C20H15N7O3S3/c1-30-19-17(25-32-26-19)13-10-12(7-9-16(13)33(21,28)29)27-18(23-24-20(27)31)15-8-6-11-4-2-3-5-14(11)22-15/h2-10H,1H3,(H,24,31)(H2,21,28,29). The Morgan fingerprint density at radius 1 is 1.12 bits per heavy atom. The largest absolute Gasteiger partial charge is 0.479 e. The zero-order valence-electron chi connectivity index (χ0n) is 17.0. The van der Waals surface area contributed by atoms with Crippen molar-refractivity contribution in [2.75, 3.05) is 7.11 Å². The molecule has 5 rings (SSSR count). The molecule has 0 unspecified atom stereocenters. The highest BCUT2D eigenvalue weighted by molar-refractivity contribution is 7.89. The minimum absolute atomic E-state index is 0.113. The lowest BCUT2D eigenvalue weighted by molar-refractivity contribution is 0.403. The highest BCUT2D eigenvalue weighted by atomic mass is 32.2. The van der Waals surface area contributed by atoms with Gasteiger partial charge in [0.25, 0.3) is 5.88 Å². The van der Waals surface area contributed by atoms with E-state index in [4.69, 9.17) is 27.1 Å². The van der Waals surface area contributed by atoms with Crippen molar-refractivity contribution in [3.63, 3.8) is 0 Å². The summed E-state index contributed by atoms with van der Waals surface area (Å²) in [6.07, 6.45) is 0. The van der Waals surface area contributed by atoms with Crippen molar-refractivity contribution in [1.29, 1.82) is 0 Å². The van der Waals surface area contributed by atoms with Crippen molar-refractivity contribution in [3.8, 4) is 34.3 Å². The Kier molecular flexibility index (Phi) is 5.25. The van der Waals surface area contributed by atoms with E-state index in [1.54, 1.807) is 16.7 Å². The maximum atomic E-state index is 12.3. The van der Waals surface area contributed by atoms with Crippen molar-refractivity contribution in [3.05, 3.63) is 59.4 Å². The maximum absolute atomic E-state index is 12.3. The topological polar surface area (TPSA) is 142 Å². The lowest BCUT2D eigenvalue weighted by atomic mass is 10.1. The van der Waals surface area contributed by atoms with Gasteiger partial charge in [0.1, 0.15) is 11.4 Å². The lowest BCUT2D eigenvalue weighted by Gasteiger charge is -2.12. The zero-order chi connectivity index (χ0) is 23.2. The molecule has 33 heavy (non-hydrogen) atoms. The summed E-state index contributed by atoms with van der Waals surface area (Å²) in [5.74, 6) is 0.651. The molecule has 13 heteroatoms. The number of aromatic amines is 1. The van der Waals surface area contributed by atoms with Crippen molar-refractivity contribution in [2.24, 2.45) is 5.14 Å². The van der Waals surface area contributed by atoms with Crippen LogP contribution in [0.4, 0.5) is 0 Å². The lowest BCUT2D eigenvalue weighted by Crippen LogP contribution is -2.14. The summed E-state index contributed by atoms with van der Waals surface area (Å²) >= 11 is 6.37. The number of hydrogen-bond donors (Lipinski definition) is 2. The van der Waals surface area contributed by atoms with Crippen LogP contribution in [0.15, 0.2) is 59.5 Å². The van der Waals surface area contributed by atoms with Crippen LogP contribution in [-0.4, -0.2) is 44.0 Å². The Bertz CT molecular complexity index is 1670. The number of nitrogens with one attached hydrogen (secondary N) is 1. The number of nitrogens with zero attached hydrogens (tertiary/aromatic N) is 5. The number of benzene rings is 2. The molecule has 5 aromatic rings. The fourth-order valence-electron chi connectivity index (χ4n) is 3.47. The summed E-state index contributed by atoms with van der Waals surface area (Å²) in [4.78, 5) is 4.58. The molecule has 3 heterocycles. The number of nitrogens with two attached hydrogens (primary N) is 1. The molecule has 0 aliphatic heterocycles. The summed E-state index contributed by atoms with van der Waals surface area (Å²) in [6, 6.07) is 16.1. The third-order valence-corrected chi connectivity index (χ3v) is 6.69. The van der Waals surface area contributed by atoms with E-state index in [1.165, 1.54) is 13.2 Å². The Hall–Kier alpha value is -3.52. The second kappa shape index (κ2) is 8.12. The highest BCUT2D eigenvalue weighted by Crippen LogP contribution is 2.34. The van der Waals surface area contributed by atoms with E-state index in [0.29, 0.717) is 22.0 Å². The predicted molar refractivity (Wildman–Crippen MR) is 126 cm³/mol. The van der Waals surface area contributed by atoms with E-state index in [-0.39, 0.29) is 22.0 Å². The number of sulfonamides is 1. The molecule has 2 aromatic carbocycles. The smallest absolute Gasteiger partial charge is 0.253 e. The Balaban J connectivity index is 1.73. The molecule has 0 bridgehead atoms. The third kappa shape index (κ3) is 3.80. The van der Waals surface area contributed by atoms with Crippen LogP contribution in [0.2, 0.25) is 0 Å². The van der Waals surface area contributed by atoms with E-state index >= 15 is 0 Å². The number of rotatable bonds is 5. The van der Waals surface area contributed by atoms with Crippen LogP contribution in [0.1, 0.15) is 0 Å². The quantitative estimate of drug-likeness (QED) is 0.352. The molecule has 10 nitrogen and oxygen atoms in total. The molecule has 0 atom stereocenters. The van der Waals surface area contributed by atoms with E-state index < -0.39 is 10.0 Å². The first-order valence-electron chi connectivity index (χ1n) is 9.44. The molecule has 0 saturated heterocycles. The molecule has 0 fully saturated rings. The van der Waals surface area contributed by atoms with Crippen molar-refractivity contribution < 1.29 is 13.2 Å². The van der Waals surface area contributed by atoms with Gasteiger partial charge < -0.3 is 4.74 Å². The Labute approximate surface area is 197 Å². The molecular formula is C20H15N7O3S3. The second-order valence-electron chi connectivity index (χ2n) is 6.92. The van der Waals surface area contributed by atoms with Gasteiger partial charge in [-0.05, 0) is 42.5 Å². The van der Waals surface area contributed by atoms with Crippen LogP contribution in [0.5, 0.6) is 5.88 Å². The van der Waals surface area contributed by atoms with Gasteiger partial charge in [0.05, 0.1) is 34.9 Å². The summed E-state index contributed by atoms with van der Waals surface area (Å²) < 4.78 is 40.0. The summed E-state index contributed by atoms with van der Waals surface area (Å²) in [7, 11) is -2.63. The van der Waals surface area contributed by atoms with E-state index in [1.807, 2.05) is 36.4 Å². The van der Waals surface area contributed by atoms with Gasteiger partial charge in [-0.3, -0.25) is 9.67 Å². The number of H-pyrrole nitrogens is 1. The number of methoxy groups -OCH3 is 1. The van der Waals surface area contributed by atoms with Gasteiger partial charge in [0, 0.05) is 10.9 Å². The third-order valence-electron chi connectivity index (χ3n) is 4.93. The van der Waals surface area contributed by atoms with E-state index in [2.05, 4.69) is 18.9 Å². The first-order valence-corrected chi connectivity index (χ1v) is 12.1. The minimum atomic E-state index is -4.06. The van der Waals surface area contributed by atoms with Crippen LogP contribution < -0.4 is 9.88 Å². The number of para-hydroxylation sites is 1. The molecule has 0 aliphatic rings. The van der Waals surface area contributed by atoms with Gasteiger partial charge in [0.2, 0.25) is 10.0 Å². The summed E-state index contributed by atoms with van der Waals surface area (Å²) in [6.45, 7) is 0. The molecule has 0 spiro atoms. The summed E-state index contributed by atoms with van der Waals surface area (Å²) in [5, 5.41) is 13.6. The SMILES string of the molecule is COc1nsnc1-c1cc(-n2c(-c3ccc4ccccc4n3)n[nH]c2=S)ccc1S(N)(=O)=O. The molecule has 0 aliphatic carbocycles. The molecule has 3 N–H and O–H groups in total. The van der Waals surface area contributed by atoms with Crippen LogP contribution in [0, 0.1) is 4.77 Å². The van der Waals surface area contributed by atoms with Gasteiger partial charge in [-0.1, -0.05) is 24.3 Å². The fraction of sp³-hybridized carbons (Fsp3) is 0.0500. The fourth-order valence-corrected chi connectivity index (χ4v) is 4.96. The van der Waals surface area contributed by atoms with Gasteiger partial charge in [0.15, 0.2) is 10.6 Å². The summed E-state index contributed by atoms with van der Waals surface area (Å²) in [5.41, 5.74) is 2.43. The van der Waals surface area contributed by atoms with Crippen LogP contribution in [0.25, 0.3) is 39.4 Å². The van der Waals surface area contributed by atoms with Crippen molar-refractivity contribution >= 4 is 44.9 Å². The molecule has 0 amide bonds. The number of fused-ring (bicyclic) bond motifs is 1. The van der Waals surface area contributed by atoms with Gasteiger partial charge in [-0.25, -0.2) is 18.5 Å². The number of primary sulfonamides is 1.